The smallest absolute Gasteiger partial charge is 0.246 e. The number of nitrogens with one attached hydrogen (secondary N) is 1. The molecule has 2 saturated carbocycles. The number of rotatable bonds is 5. The fourth-order valence-electron chi connectivity index (χ4n) is 3.00. The maximum atomic E-state index is 12.6. The molecule has 106 valence electrons. The number of carbonyl (C=O) groups excluding carboxylic acids is 2. The van der Waals surface area contributed by atoms with Crippen LogP contribution in [0.3, 0.4) is 0 Å². The van der Waals surface area contributed by atoms with Crippen molar-refractivity contribution in [2.24, 2.45) is 5.92 Å². The zero-order valence-corrected chi connectivity index (χ0v) is 12.5. The summed E-state index contributed by atoms with van der Waals surface area (Å²) in [6, 6.07) is -0.500. The van der Waals surface area contributed by atoms with E-state index in [1.807, 2.05) is 23.6 Å². The molecule has 3 aliphatic rings. The highest BCUT2D eigenvalue weighted by Gasteiger charge is 2.51. The Kier molecular flexibility index (Phi) is 3.28. The van der Waals surface area contributed by atoms with Gasteiger partial charge in [-0.15, -0.1) is 0 Å². The lowest BCUT2D eigenvalue weighted by molar-refractivity contribution is -0.150. The predicted octanol–water partition coefficient (Wildman–Crippen LogP) is 1.40. The lowest BCUT2D eigenvalue weighted by atomic mass is 10.0. The maximum Gasteiger partial charge on any atom is 0.246 e. The van der Waals surface area contributed by atoms with Crippen LogP contribution in [0.2, 0.25) is 0 Å². The Morgan fingerprint density at radius 3 is 2.53 bits per heavy atom. The minimum Gasteiger partial charge on any atom is -0.342 e. The second-order valence-electron chi connectivity index (χ2n) is 6.10. The summed E-state index contributed by atoms with van der Waals surface area (Å²) in [5, 5.41) is 2.95. The van der Waals surface area contributed by atoms with Gasteiger partial charge in [0.15, 0.2) is 0 Å². The molecule has 4 nitrogen and oxygen atoms in total. The second-order valence-corrected chi connectivity index (χ2v) is 7.38. The minimum atomic E-state index is -0.257. The zero-order chi connectivity index (χ0) is 13.6. The molecule has 2 atom stereocenters. The van der Waals surface area contributed by atoms with Gasteiger partial charge in [0.1, 0.15) is 12.1 Å². The van der Waals surface area contributed by atoms with Crippen LogP contribution in [-0.2, 0) is 9.59 Å². The van der Waals surface area contributed by atoms with Crippen LogP contribution < -0.4 is 5.32 Å². The van der Waals surface area contributed by atoms with E-state index in [4.69, 9.17) is 0 Å². The van der Waals surface area contributed by atoms with Crippen LogP contribution in [0.25, 0.3) is 0 Å². The van der Waals surface area contributed by atoms with Crippen molar-refractivity contribution in [3.05, 3.63) is 0 Å². The number of piperazine rings is 1. The lowest BCUT2D eigenvalue weighted by Crippen LogP contribution is -2.64. The van der Waals surface area contributed by atoms with E-state index in [1.54, 1.807) is 0 Å². The molecule has 1 N–H and O–H groups in total. The highest BCUT2D eigenvalue weighted by molar-refractivity contribution is 8.00. The van der Waals surface area contributed by atoms with Gasteiger partial charge in [0.05, 0.1) is 0 Å². The van der Waals surface area contributed by atoms with Gasteiger partial charge in [-0.2, -0.15) is 11.8 Å². The molecule has 0 aromatic carbocycles. The summed E-state index contributed by atoms with van der Waals surface area (Å²) in [5.41, 5.74) is 0. The number of carbonyl (C=O) groups is 2. The molecule has 5 heteroatoms. The molecular weight excluding hydrogens is 260 g/mol. The van der Waals surface area contributed by atoms with Crippen LogP contribution in [-0.4, -0.2) is 46.3 Å². The van der Waals surface area contributed by atoms with Crippen molar-refractivity contribution in [2.75, 3.05) is 12.8 Å². The van der Waals surface area contributed by atoms with Crippen LogP contribution >= 0.6 is 11.8 Å². The lowest BCUT2D eigenvalue weighted by Gasteiger charge is -2.40. The Hall–Kier alpha value is -0.710. The van der Waals surface area contributed by atoms with E-state index in [9.17, 15) is 9.59 Å². The fraction of sp³-hybridized carbons (Fsp3) is 0.857. The van der Waals surface area contributed by atoms with Crippen LogP contribution in [0.1, 0.15) is 39.0 Å². The highest BCUT2D eigenvalue weighted by atomic mass is 32.2. The van der Waals surface area contributed by atoms with Gasteiger partial charge >= 0.3 is 0 Å². The minimum absolute atomic E-state index is 0.0518. The normalized spacial score (nSPS) is 33.3. The molecule has 2 aliphatic carbocycles. The van der Waals surface area contributed by atoms with Crippen molar-refractivity contribution in [2.45, 2.75) is 55.9 Å². The van der Waals surface area contributed by atoms with Gasteiger partial charge in [-0.3, -0.25) is 9.59 Å². The summed E-state index contributed by atoms with van der Waals surface area (Å²) in [4.78, 5) is 26.7. The second kappa shape index (κ2) is 4.69. The first-order chi connectivity index (χ1) is 9.10. The highest BCUT2D eigenvalue weighted by Crippen LogP contribution is 2.48. The maximum absolute atomic E-state index is 12.6. The van der Waals surface area contributed by atoms with E-state index in [-0.39, 0.29) is 28.6 Å². The standard InChI is InChI=1S/C14H22N2O2S/c1-3-10-12(17)15-11(9-4-5-9)13(18)16(10)8-14(19-2)6-7-14/h9-11H,3-8H2,1-2H3,(H,15,17). The largest absolute Gasteiger partial charge is 0.342 e. The molecule has 0 spiro atoms. The molecule has 0 aromatic rings. The van der Waals surface area contributed by atoms with E-state index in [0.717, 1.165) is 19.4 Å². The van der Waals surface area contributed by atoms with Crippen LogP contribution in [0.5, 0.6) is 0 Å². The van der Waals surface area contributed by atoms with Crippen LogP contribution in [0, 0.1) is 5.92 Å². The summed E-state index contributed by atoms with van der Waals surface area (Å²) in [5.74, 6) is 0.603. The molecule has 3 fully saturated rings. The molecular formula is C14H22N2O2S. The average molecular weight is 282 g/mol. The molecule has 0 bridgehead atoms. The molecule has 1 aliphatic heterocycles. The van der Waals surface area contributed by atoms with Crippen molar-refractivity contribution >= 4 is 23.6 Å². The Labute approximate surface area is 118 Å². The van der Waals surface area contributed by atoms with Crippen LogP contribution in [0.15, 0.2) is 0 Å². The number of thioether (sulfide) groups is 1. The number of nitrogens with zero attached hydrogens (tertiary/aromatic N) is 1. The molecule has 0 aromatic heterocycles. The molecule has 1 saturated heterocycles. The van der Waals surface area contributed by atoms with Gasteiger partial charge in [0.25, 0.3) is 0 Å². The Morgan fingerprint density at radius 2 is 2.05 bits per heavy atom. The Morgan fingerprint density at radius 1 is 1.37 bits per heavy atom. The first kappa shape index (κ1) is 13.3. The number of hydrogen-bond donors (Lipinski definition) is 1. The number of amides is 2. The first-order valence-electron chi connectivity index (χ1n) is 7.26. The van der Waals surface area contributed by atoms with Crippen molar-refractivity contribution < 1.29 is 9.59 Å². The SMILES string of the molecule is CCC1C(=O)NC(C2CC2)C(=O)N1CC1(SC)CC1. The first-order valence-corrected chi connectivity index (χ1v) is 8.49. The Bertz CT molecular complexity index is 404. The summed E-state index contributed by atoms with van der Waals surface area (Å²) in [6.45, 7) is 2.74. The quantitative estimate of drug-likeness (QED) is 0.829. The van der Waals surface area contributed by atoms with E-state index in [2.05, 4.69) is 11.6 Å². The van der Waals surface area contributed by atoms with Gasteiger partial charge in [-0.1, -0.05) is 6.92 Å². The van der Waals surface area contributed by atoms with E-state index in [1.165, 1.54) is 12.8 Å². The topological polar surface area (TPSA) is 49.4 Å². The van der Waals surface area contributed by atoms with Crippen molar-refractivity contribution in [3.63, 3.8) is 0 Å². The average Bonchev–Trinajstić information content (AvgIpc) is 3.27. The summed E-state index contributed by atoms with van der Waals surface area (Å²) < 4.78 is 0.231. The van der Waals surface area contributed by atoms with E-state index < -0.39 is 0 Å². The Balaban J connectivity index is 1.79. The summed E-state index contributed by atoms with van der Waals surface area (Å²) >= 11 is 1.85. The third-order valence-electron chi connectivity index (χ3n) is 4.71. The number of hydrogen-bond acceptors (Lipinski definition) is 3. The monoisotopic (exact) mass is 282 g/mol. The van der Waals surface area contributed by atoms with E-state index >= 15 is 0 Å². The predicted molar refractivity (Wildman–Crippen MR) is 75.9 cm³/mol. The van der Waals surface area contributed by atoms with Gasteiger partial charge in [0.2, 0.25) is 11.8 Å². The molecule has 0 radical (unpaired) electrons. The summed E-state index contributed by atoms with van der Waals surface area (Å²) in [6.07, 6.45) is 7.32. The van der Waals surface area contributed by atoms with Gasteiger partial charge in [-0.05, 0) is 44.3 Å². The molecule has 2 amide bonds. The molecule has 3 rings (SSSR count). The summed E-state index contributed by atoms with van der Waals surface area (Å²) in [7, 11) is 0. The fourth-order valence-corrected chi connectivity index (χ4v) is 3.78. The van der Waals surface area contributed by atoms with Crippen molar-refractivity contribution in [1.82, 2.24) is 10.2 Å². The van der Waals surface area contributed by atoms with E-state index in [0.29, 0.717) is 12.3 Å². The molecule has 1 heterocycles. The van der Waals surface area contributed by atoms with Crippen molar-refractivity contribution in [3.8, 4) is 0 Å². The third-order valence-corrected chi connectivity index (χ3v) is 6.11. The molecule has 19 heavy (non-hydrogen) atoms. The molecule has 2 unspecified atom stereocenters. The third kappa shape index (κ3) is 2.37. The van der Waals surface area contributed by atoms with Gasteiger partial charge in [-0.25, -0.2) is 0 Å². The van der Waals surface area contributed by atoms with Crippen LogP contribution in [0.4, 0.5) is 0 Å². The van der Waals surface area contributed by atoms with Gasteiger partial charge < -0.3 is 10.2 Å². The zero-order valence-electron chi connectivity index (χ0n) is 11.6. The van der Waals surface area contributed by atoms with Gasteiger partial charge in [0, 0.05) is 11.3 Å². The van der Waals surface area contributed by atoms with Crippen molar-refractivity contribution in [1.29, 1.82) is 0 Å².